The van der Waals surface area contributed by atoms with Gasteiger partial charge in [0.15, 0.2) is 0 Å². The van der Waals surface area contributed by atoms with Crippen LogP contribution in [0.1, 0.15) is 20.8 Å². The molecule has 1 amide bonds. The SMILES string of the molecule is CC(C)C1C(C)OC(=O)N1c1ccnc(Cl)n1. The fraction of sp³-hybridized carbons (Fsp3) is 0.545. The first-order chi connectivity index (χ1) is 8.00. The van der Waals surface area contributed by atoms with Crippen molar-refractivity contribution in [1.82, 2.24) is 9.97 Å². The maximum atomic E-state index is 11.8. The highest BCUT2D eigenvalue weighted by atomic mass is 35.5. The summed E-state index contributed by atoms with van der Waals surface area (Å²) in [6.45, 7) is 5.96. The molecule has 17 heavy (non-hydrogen) atoms. The average molecular weight is 256 g/mol. The van der Waals surface area contributed by atoms with E-state index >= 15 is 0 Å². The van der Waals surface area contributed by atoms with Gasteiger partial charge in [0.2, 0.25) is 5.28 Å². The number of nitrogens with zero attached hydrogens (tertiary/aromatic N) is 3. The molecule has 0 N–H and O–H groups in total. The van der Waals surface area contributed by atoms with Gasteiger partial charge < -0.3 is 4.74 Å². The van der Waals surface area contributed by atoms with Crippen molar-refractivity contribution in [3.8, 4) is 0 Å². The lowest BCUT2D eigenvalue weighted by atomic mass is 9.99. The number of amides is 1. The van der Waals surface area contributed by atoms with Gasteiger partial charge in [0.25, 0.3) is 0 Å². The van der Waals surface area contributed by atoms with E-state index < -0.39 is 0 Å². The van der Waals surface area contributed by atoms with E-state index in [1.165, 1.54) is 6.20 Å². The molecular weight excluding hydrogens is 242 g/mol. The highest BCUT2D eigenvalue weighted by molar-refractivity contribution is 6.28. The first kappa shape index (κ1) is 12.1. The van der Waals surface area contributed by atoms with Crippen LogP contribution in [0.2, 0.25) is 5.28 Å². The molecular formula is C11H14ClN3O2. The number of aromatic nitrogens is 2. The topological polar surface area (TPSA) is 55.3 Å². The average Bonchev–Trinajstić information content (AvgIpc) is 2.53. The van der Waals surface area contributed by atoms with Crippen molar-refractivity contribution in [2.75, 3.05) is 4.90 Å². The Kier molecular flexibility index (Phi) is 3.19. The predicted octanol–water partition coefficient (Wildman–Crippen LogP) is 2.50. The van der Waals surface area contributed by atoms with Crippen molar-refractivity contribution >= 4 is 23.5 Å². The van der Waals surface area contributed by atoms with E-state index in [1.54, 1.807) is 11.0 Å². The van der Waals surface area contributed by atoms with Gasteiger partial charge in [-0.3, -0.25) is 4.90 Å². The number of rotatable bonds is 2. The van der Waals surface area contributed by atoms with E-state index in [-0.39, 0.29) is 29.4 Å². The van der Waals surface area contributed by atoms with Crippen LogP contribution in [0, 0.1) is 5.92 Å². The molecule has 5 nitrogen and oxygen atoms in total. The molecule has 0 aromatic carbocycles. The minimum absolute atomic E-state index is 0.0338. The maximum Gasteiger partial charge on any atom is 0.416 e. The van der Waals surface area contributed by atoms with Gasteiger partial charge in [-0.1, -0.05) is 13.8 Å². The summed E-state index contributed by atoms with van der Waals surface area (Å²) in [5.74, 6) is 0.753. The minimum atomic E-state index is -0.383. The molecule has 2 rings (SSSR count). The molecule has 1 aromatic heterocycles. The Hall–Kier alpha value is -1.36. The number of hydrogen-bond donors (Lipinski definition) is 0. The molecule has 1 fully saturated rings. The van der Waals surface area contributed by atoms with E-state index in [1.807, 2.05) is 20.8 Å². The number of anilines is 1. The van der Waals surface area contributed by atoms with E-state index in [0.29, 0.717) is 5.82 Å². The number of hydrogen-bond acceptors (Lipinski definition) is 4. The summed E-state index contributed by atoms with van der Waals surface area (Å²) in [7, 11) is 0. The first-order valence-corrected chi connectivity index (χ1v) is 5.87. The third-order valence-electron chi connectivity index (χ3n) is 2.80. The molecule has 1 aliphatic heterocycles. The van der Waals surface area contributed by atoms with Gasteiger partial charge in [-0.25, -0.2) is 14.8 Å². The summed E-state index contributed by atoms with van der Waals surface area (Å²) in [5, 5.41) is 0.123. The highest BCUT2D eigenvalue weighted by Crippen LogP contribution is 2.29. The van der Waals surface area contributed by atoms with E-state index in [2.05, 4.69) is 9.97 Å². The summed E-state index contributed by atoms with van der Waals surface area (Å²) < 4.78 is 5.23. The van der Waals surface area contributed by atoms with Crippen LogP contribution in [0.25, 0.3) is 0 Å². The second-order valence-electron chi connectivity index (χ2n) is 4.38. The van der Waals surface area contributed by atoms with E-state index in [9.17, 15) is 4.79 Å². The van der Waals surface area contributed by atoms with Gasteiger partial charge in [-0.2, -0.15) is 0 Å². The fourth-order valence-corrected chi connectivity index (χ4v) is 2.31. The lowest BCUT2D eigenvalue weighted by Crippen LogP contribution is -2.40. The lowest BCUT2D eigenvalue weighted by Gasteiger charge is -2.25. The highest BCUT2D eigenvalue weighted by Gasteiger charge is 2.42. The third kappa shape index (κ3) is 2.20. The normalized spacial score (nSPS) is 24.3. The quantitative estimate of drug-likeness (QED) is 0.762. The van der Waals surface area contributed by atoms with Gasteiger partial charge in [-0.05, 0) is 30.5 Å². The Morgan fingerprint density at radius 3 is 2.82 bits per heavy atom. The van der Waals surface area contributed by atoms with Crippen molar-refractivity contribution in [3.63, 3.8) is 0 Å². The summed E-state index contributed by atoms with van der Waals surface area (Å²) >= 11 is 5.73. The zero-order valence-corrected chi connectivity index (χ0v) is 10.7. The molecule has 1 saturated heterocycles. The number of carbonyl (C=O) groups excluding carboxylic acids is 1. The molecule has 1 aromatic rings. The zero-order chi connectivity index (χ0) is 12.6. The molecule has 0 bridgehead atoms. The smallest absolute Gasteiger partial charge is 0.416 e. The summed E-state index contributed by atoms with van der Waals surface area (Å²) in [6.07, 6.45) is 0.986. The molecule has 1 aliphatic rings. The van der Waals surface area contributed by atoms with Crippen molar-refractivity contribution in [3.05, 3.63) is 17.5 Å². The van der Waals surface area contributed by atoms with Crippen molar-refractivity contribution in [2.45, 2.75) is 32.9 Å². The van der Waals surface area contributed by atoms with Crippen LogP contribution in [0.5, 0.6) is 0 Å². The molecule has 6 heteroatoms. The Bertz CT molecular complexity index is 438. The number of cyclic esters (lactones) is 1. The molecule has 2 unspecified atom stereocenters. The molecule has 2 heterocycles. The van der Waals surface area contributed by atoms with Gasteiger partial charge in [0.05, 0.1) is 6.04 Å². The second-order valence-corrected chi connectivity index (χ2v) is 4.72. The molecule has 2 atom stereocenters. The van der Waals surface area contributed by atoms with Gasteiger partial charge in [0.1, 0.15) is 11.9 Å². The second kappa shape index (κ2) is 4.49. The van der Waals surface area contributed by atoms with Crippen molar-refractivity contribution in [1.29, 1.82) is 0 Å². The molecule has 0 radical (unpaired) electrons. The van der Waals surface area contributed by atoms with Crippen LogP contribution < -0.4 is 4.90 Å². The summed E-state index contributed by atoms with van der Waals surface area (Å²) in [4.78, 5) is 21.2. The Morgan fingerprint density at radius 1 is 1.53 bits per heavy atom. The zero-order valence-electron chi connectivity index (χ0n) is 9.92. The van der Waals surface area contributed by atoms with Gasteiger partial charge >= 0.3 is 6.09 Å². The Balaban J connectivity index is 2.38. The molecule has 0 spiro atoms. The molecule has 0 saturated carbocycles. The predicted molar refractivity (Wildman–Crippen MR) is 64.1 cm³/mol. The molecule has 0 aliphatic carbocycles. The van der Waals surface area contributed by atoms with Crippen LogP contribution in [0.3, 0.4) is 0 Å². The Labute approximate surface area is 105 Å². The first-order valence-electron chi connectivity index (χ1n) is 5.49. The van der Waals surface area contributed by atoms with Crippen molar-refractivity contribution in [2.24, 2.45) is 5.92 Å². The fourth-order valence-electron chi connectivity index (χ4n) is 2.16. The number of halogens is 1. The largest absolute Gasteiger partial charge is 0.444 e. The number of ether oxygens (including phenoxy) is 1. The minimum Gasteiger partial charge on any atom is -0.444 e. The van der Waals surface area contributed by atoms with E-state index in [4.69, 9.17) is 16.3 Å². The maximum absolute atomic E-state index is 11.8. The van der Waals surface area contributed by atoms with Gasteiger partial charge in [-0.15, -0.1) is 0 Å². The van der Waals surface area contributed by atoms with Crippen LogP contribution >= 0.6 is 11.6 Å². The standard InChI is InChI=1S/C11H14ClN3O2/c1-6(2)9-7(3)17-11(16)15(9)8-4-5-13-10(12)14-8/h4-7,9H,1-3H3. The monoisotopic (exact) mass is 255 g/mol. The van der Waals surface area contributed by atoms with Crippen LogP contribution in [-0.2, 0) is 4.74 Å². The van der Waals surface area contributed by atoms with Crippen LogP contribution in [0.4, 0.5) is 10.6 Å². The lowest BCUT2D eigenvalue weighted by molar-refractivity contribution is 0.136. The summed E-state index contributed by atoms with van der Waals surface area (Å²) in [6, 6.07) is 1.62. The van der Waals surface area contributed by atoms with Gasteiger partial charge in [0, 0.05) is 6.20 Å². The summed E-state index contributed by atoms with van der Waals surface area (Å²) in [5.41, 5.74) is 0. The third-order valence-corrected chi connectivity index (χ3v) is 2.99. The number of carbonyl (C=O) groups is 1. The van der Waals surface area contributed by atoms with Crippen molar-refractivity contribution < 1.29 is 9.53 Å². The van der Waals surface area contributed by atoms with Crippen LogP contribution in [0.15, 0.2) is 12.3 Å². The van der Waals surface area contributed by atoms with Crippen LogP contribution in [-0.4, -0.2) is 28.2 Å². The Morgan fingerprint density at radius 2 is 2.24 bits per heavy atom. The van der Waals surface area contributed by atoms with E-state index in [0.717, 1.165) is 0 Å². The molecule has 92 valence electrons.